The van der Waals surface area contributed by atoms with Crippen LogP contribution in [0.1, 0.15) is 22.6 Å². The number of hydrogen-bond acceptors (Lipinski definition) is 1. The normalized spacial score (nSPS) is 17.9. The first-order valence-corrected chi connectivity index (χ1v) is 4.06. The zero-order chi connectivity index (χ0) is 11.1. The Morgan fingerprint density at radius 1 is 1.62 bits per heavy atom. The highest BCUT2D eigenvalue weighted by Gasteiger charge is 2.07. The van der Waals surface area contributed by atoms with Crippen LogP contribution in [0.25, 0.3) is 11.0 Å². The lowest BCUT2D eigenvalue weighted by molar-refractivity contribution is 0.598. The summed E-state index contributed by atoms with van der Waals surface area (Å²) in [6.45, 7) is 1.40. The van der Waals surface area contributed by atoms with Crippen LogP contribution in [-0.2, 0) is 0 Å². The Bertz CT molecular complexity index is 542. The molecule has 0 aliphatic carbocycles. The van der Waals surface area contributed by atoms with E-state index < -0.39 is 6.02 Å². The third kappa shape index (κ3) is 1.16. The molecule has 1 heterocycles. The smallest absolute Gasteiger partial charge is 0.306 e. The zero-order valence-corrected chi connectivity index (χ0v) is 7.37. The molecule has 0 bridgehead atoms. The average Bonchev–Trinajstić information content (AvgIpc) is 2.54. The summed E-state index contributed by atoms with van der Waals surface area (Å²) in [5, 5.41) is 0. The number of imidazole rings is 1. The van der Waals surface area contributed by atoms with Crippen molar-refractivity contribution in [1.29, 1.82) is 0 Å². The predicted octanol–water partition coefficient (Wildman–Crippen LogP) is 1.91. The van der Waals surface area contributed by atoms with Gasteiger partial charge in [-0.1, -0.05) is 12.1 Å². The maximum absolute atomic E-state index is 11.6. The Morgan fingerprint density at radius 2 is 2.38 bits per heavy atom. The van der Waals surface area contributed by atoms with E-state index in [0.717, 1.165) is 0 Å². The summed E-state index contributed by atoms with van der Waals surface area (Å²) >= 11 is 0. The van der Waals surface area contributed by atoms with Crippen molar-refractivity contribution in [2.24, 2.45) is 0 Å². The second kappa shape index (κ2) is 2.76. The molecule has 68 valence electrons. The van der Waals surface area contributed by atoms with E-state index in [9.17, 15) is 4.79 Å². The van der Waals surface area contributed by atoms with E-state index in [0.29, 0.717) is 11.0 Å². The number of rotatable bonds is 1. The summed E-state index contributed by atoms with van der Waals surface area (Å²) in [5.74, 6) is 0. The van der Waals surface area contributed by atoms with Crippen LogP contribution in [0.2, 0.25) is 0 Å². The fraction of sp³-hybridized carbons (Fsp3) is 0.300. The van der Waals surface area contributed by atoms with Gasteiger partial charge in [0, 0.05) is 7.39 Å². The monoisotopic (exact) mass is 180 g/mol. The number of aromatic nitrogens is 2. The summed E-state index contributed by atoms with van der Waals surface area (Å²) in [5.41, 5.74) is 1.04. The molecule has 0 spiro atoms. The lowest BCUT2D eigenvalue weighted by Crippen LogP contribution is -2.18. The first kappa shape index (κ1) is 6.02. The summed E-state index contributed by atoms with van der Waals surface area (Å²) < 4.78 is 16.5. The molecule has 1 unspecified atom stereocenters. The first-order chi connectivity index (χ1) is 7.06. The van der Waals surface area contributed by atoms with Crippen LogP contribution in [-0.4, -0.2) is 9.55 Å². The molecule has 0 aliphatic heterocycles. The van der Waals surface area contributed by atoms with E-state index in [1.807, 2.05) is 12.1 Å². The van der Waals surface area contributed by atoms with E-state index in [2.05, 4.69) is 4.98 Å². The summed E-state index contributed by atoms with van der Waals surface area (Å²) in [7, 11) is 0. The SMILES string of the molecule is [3H]CC([3H])(C)n1c(=O)[nH]c2ccccc21. The molecule has 1 atom stereocenters. The van der Waals surface area contributed by atoms with Gasteiger partial charge in [-0.2, -0.15) is 0 Å². The van der Waals surface area contributed by atoms with E-state index in [1.54, 1.807) is 19.1 Å². The van der Waals surface area contributed by atoms with Gasteiger partial charge in [0.25, 0.3) is 0 Å². The van der Waals surface area contributed by atoms with Gasteiger partial charge in [-0.3, -0.25) is 4.57 Å². The predicted molar refractivity (Wildman–Crippen MR) is 52.9 cm³/mol. The Hall–Kier alpha value is -1.51. The third-order valence-corrected chi connectivity index (χ3v) is 1.97. The van der Waals surface area contributed by atoms with Crippen molar-refractivity contribution in [3.8, 4) is 0 Å². The number of hydrogen-bond donors (Lipinski definition) is 1. The highest BCUT2D eigenvalue weighted by molar-refractivity contribution is 5.75. The summed E-state index contributed by atoms with van der Waals surface area (Å²) in [6.07, 6.45) is 0. The molecule has 0 saturated heterocycles. The van der Waals surface area contributed by atoms with Crippen LogP contribution in [0.4, 0.5) is 0 Å². The fourth-order valence-corrected chi connectivity index (χ4v) is 1.43. The van der Waals surface area contributed by atoms with Gasteiger partial charge in [0.1, 0.15) is 0 Å². The maximum atomic E-state index is 11.6. The van der Waals surface area contributed by atoms with Gasteiger partial charge in [0.15, 0.2) is 0 Å². The Morgan fingerprint density at radius 3 is 3.15 bits per heavy atom. The molecular formula is C10H12N2O. The van der Waals surface area contributed by atoms with Crippen LogP contribution in [0.3, 0.4) is 0 Å². The van der Waals surface area contributed by atoms with E-state index >= 15 is 0 Å². The van der Waals surface area contributed by atoms with Crippen molar-refractivity contribution in [2.75, 3.05) is 0 Å². The molecule has 13 heavy (non-hydrogen) atoms. The largest absolute Gasteiger partial charge is 0.326 e. The number of fused-ring (bicyclic) bond motifs is 1. The molecule has 1 N–H and O–H groups in total. The zero-order valence-electron chi connectivity index (χ0n) is 9.37. The Labute approximate surface area is 78.8 Å². The molecule has 3 nitrogen and oxygen atoms in total. The summed E-state index contributed by atoms with van der Waals surface area (Å²) in [4.78, 5) is 14.3. The molecule has 0 aliphatic rings. The third-order valence-electron chi connectivity index (χ3n) is 1.97. The summed E-state index contributed by atoms with van der Waals surface area (Å²) in [6, 6.07) is 5.97. The molecular weight excluding hydrogens is 164 g/mol. The van der Waals surface area contributed by atoms with Gasteiger partial charge in [-0.15, -0.1) is 0 Å². The second-order valence-corrected chi connectivity index (χ2v) is 3.02. The molecule has 0 radical (unpaired) electrons. The molecule has 3 heteroatoms. The van der Waals surface area contributed by atoms with Crippen LogP contribution in [0, 0.1) is 0 Å². The number of para-hydroxylation sites is 2. The minimum Gasteiger partial charge on any atom is -0.306 e. The minimum absolute atomic E-state index is 0.158. The molecule has 0 saturated carbocycles. The minimum atomic E-state index is -1.23. The van der Waals surface area contributed by atoms with Gasteiger partial charge in [-0.25, -0.2) is 4.79 Å². The van der Waals surface area contributed by atoms with Crippen molar-refractivity contribution in [2.45, 2.75) is 19.8 Å². The molecule has 1 aromatic carbocycles. The average molecular weight is 180 g/mol. The van der Waals surface area contributed by atoms with Gasteiger partial charge in [0.05, 0.1) is 12.4 Å². The first-order valence-electron chi connectivity index (χ1n) is 5.26. The van der Waals surface area contributed by atoms with Crippen molar-refractivity contribution < 1.29 is 2.74 Å². The standard InChI is InChI=1S/C10H12N2O/c1-7(2)12-9-6-4-3-5-8(9)11-10(12)13/h3-7H,1-2H3,(H,11,13)/i1T,7T. The number of nitrogens with zero attached hydrogens (tertiary/aromatic N) is 1. The van der Waals surface area contributed by atoms with Crippen LogP contribution in [0.15, 0.2) is 29.1 Å². The molecule has 2 rings (SSSR count). The number of benzene rings is 1. The van der Waals surface area contributed by atoms with Crippen molar-refractivity contribution >= 4 is 11.0 Å². The van der Waals surface area contributed by atoms with Gasteiger partial charge in [0.2, 0.25) is 0 Å². The van der Waals surface area contributed by atoms with Crippen LogP contribution >= 0.6 is 0 Å². The van der Waals surface area contributed by atoms with E-state index in [-0.39, 0.29) is 12.6 Å². The van der Waals surface area contributed by atoms with Gasteiger partial charge < -0.3 is 4.98 Å². The topological polar surface area (TPSA) is 37.8 Å². The molecule has 2 aromatic rings. The molecule has 1 aromatic heterocycles. The highest BCUT2D eigenvalue weighted by atomic mass is 16.1. The van der Waals surface area contributed by atoms with Crippen molar-refractivity contribution in [3.05, 3.63) is 34.7 Å². The van der Waals surface area contributed by atoms with Gasteiger partial charge >= 0.3 is 5.69 Å². The Balaban J connectivity index is 2.80. The lowest BCUT2D eigenvalue weighted by atomic mass is 10.3. The Kier molecular flexibility index (Phi) is 1.28. The van der Waals surface area contributed by atoms with Crippen LogP contribution in [0.5, 0.6) is 0 Å². The fourth-order valence-electron chi connectivity index (χ4n) is 1.43. The maximum Gasteiger partial charge on any atom is 0.326 e. The van der Waals surface area contributed by atoms with Crippen LogP contribution < -0.4 is 5.69 Å². The van der Waals surface area contributed by atoms with Crippen molar-refractivity contribution in [3.63, 3.8) is 0 Å². The van der Waals surface area contributed by atoms with Crippen molar-refractivity contribution in [1.82, 2.24) is 9.55 Å². The molecule has 0 amide bonds. The van der Waals surface area contributed by atoms with Gasteiger partial charge in [-0.05, 0) is 26.0 Å². The molecule has 0 fully saturated rings. The quantitative estimate of drug-likeness (QED) is 0.715. The van der Waals surface area contributed by atoms with E-state index in [1.165, 1.54) is 4.57 Å². The number of H-pyrrole nitrogens is 1. The lowest BCUT2D eigenvalue weighted by Gasteiger charge is -2.05. The number of nitrogens with one attached hydrogen (secondary N) is 1. The second-order valence-electron chi connectivity index (χ2n) is 3.02. The highest BCUT2D eigenvalue weighted by Crippen LogP contribution is 2.13. The van der Waals surface area contributed by atoms with E-state index in [4.69, 9.17) is 2.74 Å². The number of aromatic amines is 1.